The van der Waals surface area contributed by atoms with E-state index in [0.717, 1.165) is 5.56 Å². The maximum Gasteiger partial charge on any atom is 0.333 e. The number of carbonyl (C=O) groups is 1. The number of nitro groups is 1. The van der Waals surface area contributed by atoms with Gasteiger partial charge in [0, 0.05) is 10.5 Å². The summed E-state index contributed by atoms with van der Waals surface area (Å²) in [5.74, 6) is -0.407. The van der Waals surface area contributed by atoms with Gasteiger partial charge in [-0.1, -0.05) is 28.1 Å². The van der Waals surface area contributed by atoms with Crippen molar-refractivity contribution in [2.24, 2.45) is 0 Å². The molecule has 0 atom stereocenters. The Morgan fingerprint density at radius 3 is 2.56 bits per heavy atom. The maximum atomic E-state index is 11.4. The van der Waals surface area contributed by atoms with Crippen molar-refractivity contribution in [3.8, 4) is 11.5 Å². The first-order chi connectivity index (χ1) is 11.9. The molecule has 0 heterocycles. The van der Waals surface area contributed by atoms with Gasteiger partial charge in [-0.05, 0) is 23.8 Å². The highest BCUT2D eigenvalue weighted by atomic mass is 79.9. The fourth-order valence-electron chi connectivity index (χ4n) is 2.06. The number of hydrogen-bond donors (Lipinski definition) is 2. The van der Waals surface area contributed by atoms with Gasteiger partial charge < -0.3 is 19.9 Å². The van der Waals surface area contributed by atoms with Crippen LogP contribution in [0.1, 0.15) is 5.56 Å². The number of anilines is 1. The molecule has 9 heteroatoms. The second-order valence-electron chi connectivity index (χ2n) is 4.94. The lowest BCUT2D eigenvalue weighted by Crippen LogP contribution is -2.13. The van der Waals surface area contributed by atoms with Gasteiger partial charge in [-0.3, -0.25) is 14.9 Å². The average molecular weight is 411 g/mol. The molecule has 25 heavy (non-hydrogen) atoms. The molecular weight excluding hydrogens is 396 g/mol. The number of hydrogen-bond acceptors (Lipinski definition) is 6. The summed E-state index contributed by atoms with van der Waals surface area (Å²) in [7, 11) is 1.56. The number of nitro benzene ring substituents is 1. The Labute approximate surface area is 151 Å². The van der Waals surface area contributed by atoms with E-state index in [1.165, 1.54) is 12.1 Å². The molecule has 0 aromatic heterocycles. The van der Waals surface area contributed by atoms with Crippen LogP contribution in [-0.4, -0.2) is 29.7 Å². The Bertz CT molecular complexity index is 779. The lowest BCUT2D eigenvalue weighted by Gasteiger charge is -2.12. The molecule has 0 aliphatic heterocycles. The van der Waals surface area contributed by atoms with E-state index in [1.54, 1.807) is 31.4 Å². The largest absolute Gasteiger partial charge is 0.497 e. The van der Waals surface area contributed by atoms with Crippen LogP contribution in [0.4, 0.5) is 11.4 Å². The van der Waals surface area contributed by atoms with E-state index in [1.807, 2.05) is 0 Å². The van der Waals surface area contributed by atoms with E-state index in [4.69, 9.17) is 14.6 Å². The Hall–Kier alpha value is -2.81. The van der Waals surface area contributed by atoms with Crippen LogP contribution in [-0.2, 0) is 11.4 Å². The van der Waals surface area contributed by atoms with Gasteiger partial charge in [-0.25, -0.2) is 0 Å². The van der Waals surface area contributed by atoms with Gasteiger partial charge in [0.15, 0.2) is 0 Å². The Morgan fingerprint density at radius 2 is 2.00 bits per heavy atom. The predicted molar refractivity (Wildman–Crippen MR) is 94.2 cm³/mol. The highest BCUT2D eigenvalue weighted by molar-refractivity contribution is 9.10. The van der Waals surface area contributed by atoms with Crippen LogP contribution >= 0.6 is 15.9 Å². The monoisotopic (exact) mass is 410 g/mol. The van der Waals surface area contributed by atoms with Crippen LogP contribution in [0.3, 0.4) is 0 Å². The van der Waals surface area contributed by atoms with Crippen molar-refractivity contribution in [1.29, 1.82) is 0 Å². The zero-order valence-electron chi connectivity index (χ0n) is 13.2. The van der Waals surface area contributed by atoms with E-state index in [0.29, 0.717) is 10.2 Å². The van der Waals surface area contributed by atoms with Crippen LogP contribution in [0.25, 0.3) is 0 Å². The summed E-state index contributed by atoms with van der Waals surface area (Å²) >= 11 is 3.24. The molecule has 0 bridgehead atoms. The standard InChI is InChI=1S/C16H15BrN2O6/c1-24-12-4-2-10(3-5-12)9-25-14-7-11(17)6-13(16(14)19(22)23)18-8-15(20)21/h2-7,18H,8-9H2,1H3,(H,20,21). The number of rotatable bonds is 8. The molecule has 0 aliphatic carbocycles. The molecule has 0 radical (unpaired) electrons. The van der Waals surface area contributed by atoms with Crippen LogP contribution in [0.2, 0.25) is 0 Å². The molecule has 0 amide bonds. The Balaban J connectivity index is 2.25. The number of halogens is 1. The Kier molecular flexibility index (Phi) is 6.18. The minimum atomic E-state index is -1.13. The topological polar surface area (TPSA) is 111 Å². The highest BCUT2D eigenvalue weighted by Gasteiger charge is 2.23. The third-order valence-corrected chi connectivity index (χ3v) is 3.66. The number of benzene rings is 2. The molecule has 0 saturated carbocycles. The number of nitrogens with one attached hydrogen (secondary N) is 1. The average Bonchev–Trinajstić information content (AvgIpc) is 2.57. The lowest BCUT2D eigenvalue weighted by molar-refractivity contribution is -0.385. The lowest BCUT2D eigenvalue weighted by atomic mass is 10.2. The fourth-order valence-corrected chi connectivity index (χ4v) is 2.50. The molecule has 132 valence electrons. The molecule has 2 aromatic rings. The van der Waals surface area contributed by atoms with Crippen molar-refractivity contribution in [1.82, 2.24) is 0 Å². The molecule has 0 aliphatic rings. The quantitative estimate of drug-likeness (QED) is 0.506. The van der Waals surface area contributed by atoms with E-state index >= 15 is 0 Å². The number of carboxylic acids is 1. The normalized spacial score (nSPS) is 10.2. The number of carboxylic acid groups (broad SMARTS) is 1. The number of methoxy groups -OCH3 is 1. The molecule has 0 saturated heterocycles. The van der Waals surface area contributed by atoms with Crippen molar-refractivity contribution < 1.29 is 24.3 Å². The van der Waals surface area contributed by atoms with Gasteiger partial charge in [0.2, 0.25) is 5.75 Å². The van der Waals surface area contributed by atoms with Gasteiger partial charge in [0.25, 0.3) is 0 Å². The van der Waals surface area contributed by atoms with E-state index in [-0.39, 0.29) is 23.7 Å². The zero-order chi connectivity index (χ0) is 18.4. The van der Waals surface area contributed by atoms with E-state index in [2.05, 4.69) is 21.2 Å². The summed E-state index contributed by atoms with van der Waals surface area (Å²) in [5, 5.41) is 22.7. The first-order valence-corrected chi connectivity index (χ1v) is 7.89. The fraction of sp³-hybridized carbons (Fsp3) is 0.188. The molecule has 2 N–H and O–H groups in total. The van der Waals surface area contributed by atoms with E-state index in [9.17, 15) is 14.9 Å². The zero-order valence-corrected chi connectivity index (χ0v) is 14.8. The van der Waals surface area contributed by atoms with Crippen molar-refractivity contribution in [2.75, 3.05) is 19.0 Å². The number of ether oxygens (including phenoxy) is 2. The summed E-state index contributed by atoms with van der Waals surface area (Å²) in [6.45, 7) is -0.338. The smallest absolute Gasteiger partial charge is 0.333 e. The van der Waals surface area contributed by atoms with Crippen LogP contribution in [0, 0.1) is 10.1 Å². The summed E-state index contributed by atoms with van der Waals surface area (Å²) in [4.78, 5) is 21.5. The minimum Gasteiger partial charge on any atom is -0.497 e. The summed E-state index contributed by atoms with van der Waals surface area (Å²) < 4.78 is 11.2. The molecular formula is C16H15BrN2O6. The van der Waals surface area contributed by atoms with Crippen LogP contribution < -0.4 is 14.8 Å². The third-order valence-electron chi connectivity index (χ3n) is 3.21. The van der Waals surface area contributed by atoms with Crippen LogP contribution in [0.5, 0.6) is 11.5 Å². The van der Waals surface area contributed by atoms with Crippen molar-refractivity contribution in [2.45, 2.75) is 6.61 Å². The predicted octanol–water partition coefficient (Wildman–Crippen LogP) is 3.44. The summed E-state index contributed by atoms with van der Waals surface area (Å²) in [5.41, 5.74) is 0.541. The first-order valence-electron chi connectivity index (χ1n) is 7.10. The summed E-state index contributed by atoms with van der Waals surface area (Å²) in [6, 6.07) is 9.98. The first kappa shape index (κ1) is 18.5. The van der Waals surface area contributed by atoms with Gasteiger partial charge >= 0.3 is 11.7 Å². The van der Waals surface area contributed by atoms with Crippen molar-refractivity contribution in [3.05, 3.63) is 56.5 Å². The molecule has 0 unspecified atom stereocenters. The van der Waals surface area contributed by atoms with Crippen molar-refractivity contribution >= 4 is 33.3 Å². The SMILES string of the molecule is COc1ccc(COc2cc(Br)cc(NCC(=O)O)c2[N+](=O)[O-])cc1. The van der Waals surface area contributed by atoms with Gasteiger partial charge in [0.1, 0.15) is 24.6 Å². The highest BCUT2D eigenvalue weighted by Crippen LogP contribution is 2.38. The Morgan fingerprint density at radius 1 is 1.32 bits per heavy atom. The number of aliphatic carboxylic acids is 1. The molecule has 2 rings (SSSR count). The van der Waals surface area contributed by atoms with Gasteiger partial charge in [0.05, 0.1) is 12.0 Å². The maximum absolute atomic E-state index is 11.4. The van der Waals surface area contributed by atoms with E-state index < -0.39 is 17.4 Å². The number of nitrogens with zero attached hydrogens (tertiary/aromatic N) is 1. The van der Waals surface area contributed by atoms with Crippen LogP contribution in [0.15, 0.2) is 40.9 Å². The van der Waals surface area contributed by atoms with Gasteiger partial charge in [-0.2, -0.15) is 0 Å². The third kappa shape index (κ3) is 5.08. The summed E-state index contributed by atoms with van der Waals surface area (Å²) in [6.07, 6.45) is 0. The van der Waals surface area contributed by atoms with Crippen molar-refractivity contribution in [3.63, 3.8) is 0 Å². The molecule has 8 nitrogen and oxygen atoms in total. The molecule has 2 aromatic carbocycles. The molecule has 0 spiro atoms. The second kappa shape index (κ2) is 8.34. The van der Waals surface area contributed by atoms with Gasteiger partial charge in [-0.15, -0.1) is 0 Å². The molecule has 0 fully saturated rings. The minimum absolute atomic E-state index is 0.0306. The second-order valence-corrected chi connectivity index (χ2v) is 5.86.